The molecule has 9 nitrogen and oxygen atoms in total. The summed E-state index contributed by atoms with van der Waals surface area (Å²) < 4.78 is 11.3. The number of carbonyl (C=O) groups is 4. The van der Waals surface area contributed by atoms with Crippen LogP contribution in [0, 0.1) is 11.8 Å². The van der Waals surface area contributed by atoms with Crippen molar-refractivity contribution in [3.8, 4) is 0 Å². The van der Waals surface area contributed by atoms with Gasteiger partial charge in [-0.05, 0) is 62.5 Å². The Kier molecular flexibility index (Phi) is 15.2. The first kappa shape index (κ1) is 38.5. The molecule has 1 heterocycles. The van der Waals surface area contributed by atoms with Crippen LogP contribution < -0.4 is 0 Å². The molecule has 1 fully saturated rings. The van der Waals surface area contributed by atoms with Crippen LogP contribution in [-0.4, -0.2) is 69.9 Å². The van der Waals surface area contributed by atoms with Gasteiger partial charge in [0.2, 0.25) is 0 Å². The molecule has 0 spiro atoms. The summed E-state index contributed by atoms with van der Waals surface area (Å²) in [6.45, 7) is 4.87. The van der Waals surface area contributed by atoms with Crippen LogP contribution in [0.15, 0.2) is 97.1 Å². The summed E-state index contributed by atoms with van der Waals surface area (Å²) >= 11 is 0. The zero-order valence-electron chi connectivity index (χ0n) is 29.4. The molecule has 1 saturated heterocycles. The number of ether oxygens (including phenoxy) is 2. The Bertz CT molecular complexity index is 1470. The van der Waals surface area contributed by atoms with Gasteiger partial charge in [-0.25, -0.2) is 9.59 Å². The number of carbonyl (C=O) groups excluding carboxylic acids is 4. The van der Waals surface area contributed by atoms with E-state index in [9.17, 15) is 24.3 Å². The Morgan fingerprint density at radius 2 is 1.66 bits per heavy atom. The second-order valence-corrected chi connectivity index (χ2v) is 13.4. The first-order valence-electron chi connectivity index (χ1n) is 17.9. The highest BCUT2D eigenvalue weighted by Gasteiger charge is 2.55. The van der Waals surface area contributed by atoms with Crippen molar-refractivity contribution >= 4 is 24.1 Å². The minimum Gasteiger partial charge on any atom is -0.459 e. The second kappa shape index (κ2) is 19.7. The fourth-order valence-electron chi connectivity index (χ4n) is 6.70. The quantitative estimate of drug-likeness (QED) is 0.0524. The van der Waals surface area contributed by atoms with Crippen molar-refractivity contribution in [2.24, 2.45) is 11.8 Å². The summed E-state index contributed by atoms with van der Waals surface area (Å²) in [5, 5.41) is 11.1. The first-order chi connectivity index (χ1) is 24.2. The minimum atomic E-state index is -1.32. The minimum absolute atomic E-state index is 0.0136. The number of aldehydes is 1. The number of amides is 1. The van der Waals surface area contributed by atoms with E-state index in [1.807, 2.05) is 91.9 Å². The molecular formula is C41H52N2O7. The number of hydrogen-bond acceptors (Lipinski definition) is 8. The summed E-state index contributed by atoms with van der Waals surface area (Å²) in [6.07, 6.45) is 16.7. The molecular weight excluding hydrogens is 632 g/mol. The first-order valence-corrected chi connectivity index (χ1v) is 17.9. The van der Waals surface area contributed by atoms with E-state index < -0.39 is 23.7 Å². The fourth-order valence-corrected chi connectivity index (χ4v) is 6.70. The van der Waals surface area contributed by atoms with Gasteiger partial charge in [-0.3, -0.25) is 9.69 Å². The SMILES string of the molecule is CCC1CC(C)(O)N1C(C(=O)OCc1ccccc1)C(=O)C(CC=CCCCN(CC1C=CC=CC1)C(=O)OCc1ccccc1)CCC=O. The molecule has 0 aromatic heterocycles. The Hall–Kier alpha value is -4.34. The Balaban J connectivity index is 1.38. The van der Waals surface area contributed by atoms with Crippen LogP contribution in [0.25, 0.3) is 0 Å². The molecule has 0 radical (unpaired) electrons. The predicted octanol–water partition coefficient (Wildman–Crippen LogP) is 6.95. The largest absolute Gasteiger partial charge is 0.459 e. The molecule has 2 aromatic rings. The molecule has 1 aliphatic carbocycles. The zero-order valence-corrected chi connectivity index (χ0v) is 29.4. The van der Waals surface area contributed by atoms with E-state index in [0.29, 0.717) is 45.2 Å². The average molecular weight is 685 g/mol. The van der Waals surface area contributed by atoms with E-state index in [-0.39, 0.29) is 49.9 Å². The fraction of sp³-hybridized carbons (Fsp3) is 0.463. The number of nitrogens with zero attached hydrogens (tertiary/aromatic N) is 2. The normalized spacial score (nSPS) is 21.3. The molecule has 0 bridgehead atoms. The van der Waals surface area contributed by atoms with Gasteiger partial charge in [0.05, 0.1) is 0 Å². The molecule has 5 unspecified atom stereocenters. The topological polar surface area (TPSA) is 113 Å². The number of benzene rings is 2. The van der Waals surface area contributed by atoms with Crippen LogP contribution in [0.1, 0.15) is 76.3 Å². The number of esters is 1. The van der Waals surface area contributed by atoms with Crippen molar-refractivity contribution in [3.63, 3.8) is 0 Å². The van der Waals surface area contributed by atoms with Crippen LogP contribution in [-0.2, 0) is 37.1 Å². The van der Waals surface area contributed by atoms with E-state index in [4.69, 9.17) is 9.47 Å². The van der Waals surface area contributed by atoms with E-state index in [1.165, 1.54) is 0 Å². The number of rotatable bonds is 20. The van der Waals surface area contributed by atoms with Gasteiger partial charge in [0.15, 0.2) is 11.8 Å². The van der Waals surface area contributed by atoms with Crippen molar-refractivity contribution in [3.05, 3.63) is 108 Å². The number of aliphatic hydroxyl groups is 1. The number of hydrogen-bond donors (Lipinski definition) is 1. The highest BCUT2D eigenvalue weighted by Crippen LogP contribution is 2.39. The molecule has 268 valence electrons. The number of Topliss-reactive ketones (excluding diaryl/α,β-unsaturated/α-hetero) is 1. The molecule has 0 saturated carbocycles. The maximum atomic E-state index is 14.2. The summed E-state index contributed by atoms with van der Waals surface area (Å²) in [7, 11) is 0. The molecule has 1 amide bonds. The van der Waals surface area contributed by atoms with Gasteiger partial charge < -0.3 is 24.3 Å². The number of allylic oxidation sites excluding steroid dienone is 5. The van der Waals surface area contributed by atoms with Crippen LogP contribution in [0.5, 0.6) is 0 Å². The smallest absolute Gasteiger partial charge is 0.410 e. The Morgan fingerprint density at radius 3 is 2.26 bits per heavy atom. The maximum Gasteiger partial charge on any atom is 0.410 e. The molecule has 9 heteroatoms. The monoisotopic (exact) mass is 684 g/mol. The van der Waals surface area contributed by atoms with Gasteiger partial charge in [-0.2, -0.15) is 0 Å². The van der Waals surface area contributed by atoms with Crippen LogP contribution in [0.4, 0.5) is 4.79 Å². The van der Waals surface area contributed by atoms with Crippen LogP contribution in [0.3, 0.4) is 0 Å². The molecule has 2 aliphatic rings. The lowest BCUT2D eigenvalue weighted by Gasteiger charge is -2.55. The lowest BCUT2D eigenvalue weighted by molar-refractivity contribution is -0.229. The zero-order chi connectivity index (χ0) is 35.8. The van der Waals surface area contributed by atoms with E-state index in [1.54, 1.807) is 16.7 Å². The highest BCUT2D eigenvalue weighted by atomic mass is 16.6. The average Bonchev–Trinajstić information content (AvgIpc) is 3.13. The van der Waals surface area contributed by atoms with Crippen LogP contribution >= 0.6 is 0 Å². The van der Waals surface area contributed by atoms with E-state index in [2.05, 4.69) is 12.2 Å². The summed E-state index contributed by atoms with van der Waals surface area (Å²) in [5.74, 6) is -1.44. The third kappa shape index (κ3) is 11.4. The molecule has 1 N–H and O–H groups in total. The Morgan fingerprint density at radius 1 is 0.980 bits per heavy atom. The van der Waals surface area contributed by atoms with E-state index >= 15 is 0 Å². The van der Waals surface area contributed by atoms with Crippen molar-refractivity contribution in [1.82, 2.24) is 9.80 Å². The van der Waals surface area contributed by atoms with Crippen molar-refractivity contribution in [2.45, 2.75) is 96.2 Å². The number of ketones is 1. The predicted molar refractivity (Wildman–Crippen MR) is 193 cm³/mol. The summed E-state index contributed by atoms with van der Waals surface area (Å²) in [6, 6.07) is 17.4. The highest BCUT2D eigenvalue weighted by molar-refractivity contribution is 6.04. The molecule has 4 rings (SSSR count). The van der Waals surface area contributed by atoms with Gasteiger partial charge in [0.1, 0.15) is 25.2 Å². The molecule has 2 aromatic carbocycles. The summed E-state index contributed by atoms with van der Waals surface area (Å²) in [5.41, 5.74) is 0.401. The third-order valence-corrected chi connectivity index (χ3v) is 9.45. The van der Waals surface area contributed by atoms with Crippen molar-refractivity contribution < 1.29 is 33.8 Å². The van der Waals surface area contributed by atoms with Gasteiger partial charge in [-0.15, -0.1) is 0 Å². The second-order valence-electron chi connectivity index (χ2n) is 13.4. The molecule has 50 heavy (non-hydrogen) atoms. The molecule has 1 aliphatic heterocycles. The maximum absolute atomic E-state index is 14.2. The Labute approximate surface area is 296 Å². The standard InChI is InChI=1S/C41H52N2O7/c1-3-36-28-41(2,48)43(36)37(39(46)49-30-33-20-11-7-12-21-33)38(45)35(25-17-27-44)24-15-4-5-16-26-42(29-32-18-9-6-10-19-32)40(47)50-31-34-22-13-8-14-23-34/h4,6-15,18,20-23,27,32,35-37,48H,3,5,16-17,19,24-26,28-31H2,1-2H3. The lowest BCUT2D eigenvalue weighted by atomic mass is 9.81. The van der Waals surface area contributed by atoms with Gasteiger partial charge in [-0.1, -0.05) is 104 Å². The lowest BCUT2D eigenvalue weighted by Crippen LogP contribution is -2.71. The van der Waals surface area contributed by atoms with Gasteiger partial charge in [0.25, 0.3) is 0 Å². The third-order valence-electron chi connectivity index (χ3n) is 9.45. The van der Waals surface area contributed by atoms with Crippen LogP contribution in [0.2, 0.25) is 0 Å². The van der Waals surface area contributed by atoms with Crippen molar-refractivity contribution in [2.75, 3.05) is 13.1 Å². The number of likely N-dealkylation sites (tertiary alicyclic amines) is 1. The van der Waals surface area contributed by atoms with Gasteiger partial charge in [0, 0.05) is 37.9 Å². The van der Waals surface area contributed by atoms with Crippen molar-refractivity contribution in [1.29, 1.82) is 0 Å². The number of unbranched alkanes of at least 4 members (excludes halogenated alkanes) is 1. The van der Waals surface area contributed by atoms with Gasteiger partial charge >= 0.3 is 12.1 Å². The van der Waals surface area contributed by atoms with E-state index in [0.717, 1.165) is 23.8 Å². The summed E-state index contributed by atoms with van der Waals surface area (Å²) in [4.78, 5) is 55.6. The molecule has 5 atom stereocenters.